The molecule has 2 aliphatic heterocycles. The molecule has 26 heavy (non-hydrogen) atoms. The third-order valence-corrected chi connectivity index (χ3v) is 4.25. The van der Waals surface area contributed by atoms with E-state index in [1.807, 2.05) is 32.9 Å². The van der Waals surface area contributed by atoms with Crippen LogP contribution >= 0.6 is 24.0 Å². The third-order valence-electron chi connectivity index (χ3n) is 4.25. The van der Waals surface area contributed by atoms with Crippen LogP contribution in [0.2, 0.25) is 0 Å². The summed E-state index contributed by atoms with van der Waals surface area (Å²) in [5, 5.41) is 12.7. The summed E-state index contributed by atoms with van der Waals surface area (Å²) in [6.45, 7) is 8.97. The molecule has 0 bridgehead atoms. The SMILES string of the molecule is CC(C)(C)OC(=O)N1CCN2C(NCc3ccc(O)cc3)=NCC2C1.I. The van der Waals surface area contributed by atoms with Crippen molar-refractivity contribution >= 4 is 36.0 Å². The molecule has 1 unspecified atom stereocenters. The van der Waals surface area contributed by atoms with Gasteiger partial charge in [-0.3, -0.25) is 4.99 Å². The molecule has 0 radical (unpaired) electrons. The molecule has 2 N–H and O–H groups in total. The van der Waals surface area contributed by atoms with E-state index in [2.05, 4.69) is 15.2 Å². The molecular formula is C18H27IN4O3. The first-order valence-corrected chi connectivity index (χ1v) is 8.62. The Morgan fingerprint density at radius 1 is 1.31 bits per heavy atom. The number of amides is 1. The van der Waals surface area contributed by atoms with E-state index in [-0.39, 0.29) is 41.9 Å². The van der Waals surface area contributed by atoms with E-state index in [0.717, 1.165) is 18.1 Å². The van der Waals surface area contributed by atoms with E-state index < -0.39 is 5.60 Å². The lowest BCUT2D eigenvalue weighted by molar-refractivity contribution is 0.0137. The van der Waals surface area contributed by atoms with E-state index in [4.69, 9.17) is 4.74 Å². The zero-order chi connectivity index (χ0) is 18.0. The van der Waals surface area contributed by atoms with E-state index in [0.29, 0.717) is 26.2 Å². The van der Waals surface area contributed by atoms with Crippen molar-refractivity contribution in [3.63, 3.8) is 0 Å². The van der Waals surface area contributed by atoms with E-state index in [1.165, 1.54) is 0 Å². The van der Waals surface area contributed by atoms with Gasteiger partial charge in [0.05, 0.1) is 12.6 Å². The number of halogens is 1. The number of benzene rings is 1. The van der Waals surface area contributed by atoms with Crippen molar-refractivity contribution in [2.24, 2.45) is 4.99 Å². The molecule has 8 heteroatoms. The lowest BCUT2D eigenvalue weighted by atomic mass is 10.2. The van der Waals surface area contributed by atoms with Gasteiger partial charge >= 0.3 is 6.09 Å². The van der Waals surface area contributed by atoms with Crippen LogP contribution in [0, 0.1) is 0 Å². The quantitative estimate of drug-likeness (QED) is 0.644. The first kappa shape index (κ1) is 20.6. The molecule has 1 fully saturated rings. The number of phenolic OH excluding ortho intramolecular Hbond substituents is 1. The molecule has 3 rings (SSSR count). The minimum absolute atomic E-state index is 0. The molecule has 2 aliphatic rings. The fourth-order valence-corrected chi connectivity index (χ4v) is 3.02. The minimum atomic E-state index is -0.475. The number of rotatable bonds is 2. The van der Waals surface area contributed by atoms with E-state index in [9.17, 15) is 9.90 Å². The number of piperazine rings is 1. The fourth-order valence-electron chi connectivity index (χ4n) is 3.02. The van der Waals surface area contributed by atoms with Crippen LogP contribution in [0.25, 0.3) is 0 Å². The van der Waals surface area contributed by atoms with Gasteiger partial charge < -0.3 is 25.0 Å². The smallest absolute Gasteiger partial charge is 0.410 e. The third kappa shape index (κ3) is 5.15. The molecule has 0 saturated carbocycles. The van der Waals surface area contributed by atoms with Crippen LogP contribution in [-0.4, -0.2) is 64.8 Å². The second-order valence-electron chi connectivity index (χ2n) is 7.46. The molecule has 1 aromatic rings. The van der Waals surface area contributed by atoms with Gasteiger partial charge in [0.25, 0.3) is 0 Å². The Hall–Kier alpha value is -1.71. The van der Waals surface area contributed by atoms with Gasteiger partial charge in [-0.2, -0.15) is 0 Å². The molecule has 1 saturated heterocycles. The summed E-state index contributed by atoms with van der Waals surface area (Å²) in [5.41, 5.74) is 0.605. The van der Waals surface area contributed by atoms with Crippen molar-refractivity contribution in [3.8, 4) is 5.75 Å². The van der Waals surface area contributed by atoms with Crippen molar-refractivity contribution < 1.29 is 14.6 Å². The number of nitrogens with zero attached hydrogens (tertiary/aromatic N) is 3. The average Bonchev–Trinajstić information content (AvgIpc) is 2.95. The zero-order valence-electron chi connectivity index (χ0n) is 15.4. The van der Waals surface area contributed by atoms with Crippen molar-refractivity contribution in [2.75, 3.05) is 26.2 Å². The Labute approximate surface area is 171 Å². The molecule has 7 nitrogen and oxygen atoms in total. The molecule has 0 aliphatic carbocycles. The Balaban J connectivity index is 0.00000243. The van der Waals surface area contributed by atoms with Gasteiger partial charge in [0.2, 0.25) is 0 Å². The lowest BCUT2D eigenvalue weighted by Gasteiger charge is -2.39. The highest BCUT2D eigenvalue weighted by atomic mass is 127. The first-order valence-electron chi connectivity index (χ1n) is 8.62. The van der Waals surface area contributed by atoms with Crippen molar-refractivity contribution in [1.29, 1.82) is 0 Å². The maximum Gasteiger partial charge on any atom is 0.410 e. The Morgan fingerprint density at radius 2 is 2.00 bits per heavy atom. The molecular weight excluding hydrogens is 447 g/mol. The maximum atomic E-state index is 12.2. The number of carbonyl (C=O) groups excluding carboxylic acids is 1. The molecule has 1 aromatic carbocycles. The monoisotopic (exact) mass is 474 g/mol. The number of hydrogen-bond acceptors (Lipinski definition) is 6. The summed E-state index contributed by atoms with van der Waals surface area (Å²) < 4.78 is 5.46. The van der Waals surface area contributed by atoms with Gasteiger partial charge in [0, 0.05) is 26.2 Å². The Kier molecular flexibility index (Phi) is 6.59. The normalized spacial score (nSPS) is 19.3. The van der Waals surface area contributed by atoms with Crippen LogP contribution in [-0.2, 0) is 11.3 Å². The van der Waals surface area contributed by atoms with Crippen molar-refractivity contribution in [2.45, 2.75) is 39.0 Å². The van der Waals surface area contributed by atoms with Crippen molar-refractivity contribution in [3.05, 3.63) is 29.8 Å². The Morgan fingerprint density at radius 3 is 2.65 bits per heavy atom. The number of hydrogen-bond donors (Lipinski definition) is 2. The predicted octanol–water partition coefficient (Wildman–Crippen LogP) is 2.39. The summed E-state index contributed by atoms with van der Waals surface area (Å²) in [6.07, 6.45) is -0.252. The maximum absolute atomic E-state index is 12.2. The lowest BCUT2D eigenvalue weighted by Crippen LogP contribution is -2.57. The second kappa shape index (κ2) is 8.32. The predicted molar refractivity (Wildman–Crippen MR) is 111 cm³/mol. The molecule has 0 aromatic heterocycles. The van der Waals surface area contributed by atoms with E-state index in [1.54, 1.807) is 17.0 Å². The van der Waals surface area contributed by atoms with Crippen LogP contribution in [0.1, 0.15) is 26.3 Å². The highest BCUT2D eigenvalue weighted by Crippen LogP contribution is 2.19. The van der Waals surface area contributed by atoms with Crippen LogP contribution in [0.4, 0.5) is 4.79 Å². The molecule has 1 atom stereocenters. The first-order chi connectivity index (χ1) is 11.8. The average molecular weight is 474 g/mol. The number of fused-ring (bicyclic) bond motifs is 1. The second-order valence-corrected chi connectivity index (χ2v) is 7.46. The summed E-state index contributed by atoms with van der Waals surface area (Å²) >= 11 is 0. The number of nitrogens with one attached hydrogen (secondary N) is 1. The molecule has 2 heterocycles. The number of carbonyl (C=O) groups is 1. The summed E-state index contributed by atoms with van der Waals surface area (Å²) in [6, 6.07) is 7.32. The van der Waals surface area contributed by atoms with Crippen LogP contribution in [0.5, 0.6) is 5.75 Å². The number of aliphatic imine (C=N–C) groups is 1. The standard InChI is InChI=1S/C18H26N4O3.HI/c1-18(2,3)25-17(24)21-8-9-22-14(12-21)11-20-16(22)19-10-13-4-6-15(23)7-5-13;/h4-7,14,23H,8-12H2,1-3H3,(H,19,20);1H. The number of aromatic hydroxyl groups is 1. The minimum Gasteiger partial charge on any atom is -0.508 e. The van der Waals surface area contributed by atoms with E-state index >= 15 is 0 Å². The van der Waals surface area contributed by atoms with Gasteiger partial charge in [0.1, 0.15) is 11.4 Å². The Bertz CT molecular complexity index is 657. The molecule has 0 spiro atoms. The largest absolute Gasteiger partial charge is 0.508 e. The summed E-state index contributed by atoms with van der Waals surface area (Å²) in [4.78, 5) is 20.8. The van der Waals surface area contributed by atoms with Crippen LogP contribution < -0.4 is 5.32 Å². The number of guanidine groups is 1. The topological polar surface area (TPSA) is 77.4 Å². The van der Waals surface area contributed by atoms with Crippen LogP contribution in [0.3, 0.4) is 0 Å². The van der Waals surface area contributed by atoms with Crippen LogP contribution in [0.15, 0.2) is 29.3 Å². The number of ether oxygens (including phenoxy) is 1. The summed E-state index contributed by atoms with van der Waals surface area (Å²) in [5.74, 6) is 1.14. The summed E-state index contributed by atoms with van der Waals surface area (Å²) in [7, 11) is 0. The zero-order valence-corrected chi connectivity index (χ0v) is 17.8. The van der Waals surface area contributed by atoms with Gasteiger partial charge in [-0.15, -0.1) is 24.0 Å². The number of phenols is 1. The van der Waals surface area contributed by atoms with Gasteiger partial charge in [0.15, 0.2) is 5.96 Å². The fraction of sp³-hybridized carbons (Fsp3) is 0.556. The molecule has 1 amide bonds. The molecule has 144 valence electrons. The van der Waals surface area contributed by atoms with Gasteiger partial charge in [-0.25, -0.2) is 4.79 Å². The highest BCUT2D eigenvalue weighted by molar-refractivity contribution is 14.0. The van der Waals surface area contributed by atoms with Crippen molar-refractivity contribution in [1.82, 2.24) is 15.1 Å². The van der Waals surface area contributed by atoms with Gasteiger partial charge in [-0.1, -0.05) is 12.1 Å². The van der Waals surface area contributed by atoms with Gasteiger partial charge in [-0.05, 0) is 38.5 Å². The highest BCUT2D eigenvalue weighted by Gasteiger charge is 2.36.